The maximum atomic E-state index is 9.92. The van der Waals surface area contributed by atoms with Crippen LogP contribution in [0.3, 0.4) is 0 Å². The Balaban J connectivity index is 2.35. The molecule has 9 heteroatoms. The number of fused-ring (bicyclic) bond motifs is 1. The van der Waals surface area contributed by atoms with Crippen LogP contribution in [0.4, 0.5) is 0 Å². The zero-order valence-corrected chi connectivity index (χ0v) is 9.81. The Bertz CT molecular complexity index is 608. The van der Waals surface area contributed by atoms with E-state index in [1.54, 1.807) is 12.3 Å². The van der Waals surface area contributed by atoms with Crippen molar-refractivity contribution in [1.82, 2.24) is 14.6 Å². The highest BCUT2D eigenvalue weighted by Crippen LogP contribution is 2.22. The lowest BCUT2D eigenvalue weighted by Gasteiger charge is -2.14. The minimum absolute atomic E-state index is 0.241. The molecule has 0 bridgehead atoms. The predicted molar refractivity (Wildman–Crippen MR) is 63.0 cm³/mol. The molecule has 0 saturated heterocycles. The van der Waals surface area contributed by atoms with Gasteiger partial charge in [-0.05, 0) is 11.6 Å². The van der Waals surface area contributed by atoms with Gasteiger partial charge in [0.15, 0.2) is 5.65 Å². The van der Waals surface area contributed by atoms with Gasteiger partial charge in [-0.25, -0.2) is 9.50 Å². The molecule has 0 amide bonds. The fourth-order valence-corrected chi connectivity index (χ4v) is 1.64. The lowest BCUT2D eigenvalue weighted by atomic mass is 10.1. The predicted octanol–water partition coefficient (Wildman–Crippen LogP) is 1.09. The van der Waals surface area contributed by atoms with Gasteiger partial charge in [-0.2, -0.15) is 5.10 Å². The molecule has 2 aromatic heterocycles. The molecule has 8 nitrogen and oxygen atoms in total. The molecule has 2 atom stereocenters. The van der Waals surface area contributed by atoms with Gasteiger partial charge in [0.05, 0.1) is 18.8 Å². The van der Waals surface area contributed by atoms with E-state index in [4.69, 9.17) is 17.1 Å². The first-order valence-electron chi connectivity index (χ1n) is 5.00. The van der Waals surface area contributed by atoms with E-state index in [2.05, 4.69) is 20.1 Å². The summed E-state index contributed by atoms with van der Waals surface area (Å²) in [6, 6.07) is 1.55. The number of hydrogen-bond donors (Lipinski definition) is 2. The Morgan fingerprint density at radius 3 is 3.06 bits per heavy atom. The number of azide groups is 1. The van der Waals surface area contributed by atoms with Gasteiger partial charge in [-0.3, -0.25) is 0 Å². The van der Waals surface area contributed by atoms with Crippen molar-refractivity contribution >= 4 is 17.2 Å². The van der Waals surface area contributed by atoms with Crippen LogP contribution in [0.1, 0.15) is 11.7 Å². The van der Waals surface area contributed by atoms with Crippen LogP contribution in [0.15, 0.2) is 23.6 Å². The lowest BCUT2D eigenvalue weighted by molar-refractivity contribution is 0.0251. The first-order valence-corrected chi connectivity index (χ1v) is 5.38. The van der Waals surface area contributed by atoms with Crippen molar-refractivity contribution < 1.29 is 10.2 Å². The number of aliphatic hydroxyl groups is 2. The number of halogens is 1. The summed E-state index contributed by atoms with van der Waals surface area (Å²) in [6.07, 6.45) is 0.484. The van der Waals surface area contributed by atoms with Crippen molar-refractivity contribution in [2.45, 2.75) is 12.2 Å². The van der Waals surface area contributed by atoms with Crippen molar-refractivity contribution in [2.24, 2.45) is 5.11 Å². The second-order valence-electron chi connectivity index (χ2n) is 3.54. The Kier molecular flexibility index (Phi) is 3.63. The van der Waals surface area contributed by atoms with Crippen molar-refractivity contribution in [3.05, 3.63) is 39.6 Å². The molecule has 0 spiro atoms. The molecule has 0 radical (unpaired) electrons. The van der Waals surface area contributed by atoms with Gasteiger partial charge in [-0.1, -0.05) is 16.7 Å². The Labute approximate surface area is 106 Å². The standard InChI is InChI=1S/C9H9ClN6O2/c10-7-1-2-16-9(14-7)5(3-13-16)8(18)6(17)4-12-15-11/h1-3,6,8,17-18H,4H2. The summed E-state index contributed by atoms with van der Waals surface area (Å²) in [6.45, 7) is -0.241. The van der Waals surface area contributed by atoms with E-state index in [1.807, 2.05) is 0 Å². The third-order valence-corrected chi connectivity index (χ3v) is 2.59. The smallest absolute Gasteiger partial charge is 0.162 e. The number of rotatable bonds is 4. The van der Waals surface area contributed by atoms with Gasteiger partial charge in [0.1, 0.15) is 11.3 Å². The topological polar surface area (TPSA) is 119 Å². The second kappa shape index (κ2) is 5.19. The van der Waals surface area contributed by atoms with E-state index < -0.39 is 12.2 Å². The van der Waals surface area contributed by atoms with Gasteiger partial charge >= 0.3 is 0 Å². The average Bonchev–Trinajstić information content (AvgIpc) is 2.77. The van der Waals surface area contributed by atoms with Gasteiger partial charge < -0.3 is 10.2 Å². The zero-order chi connectivity index (χ0) is 13.1. The van der Waals surface area contributed by atoms with Crippen molar-refractivity contribution in [3.8, 4) is 0 Å². The maximum absolute atomic E-state index is 9.92. The highest BCUT2D eigenvalue weighted by molar-refractivity contribution is 6.29. The molecule has 0 fully saturated rings. The van der Waals surface area contributed by atoms with Crippen LogP contribution in [0.2, 0.25) is 5.15 Å². The summed E-state index contributed by atoms with van der Waals surface area (Å²) >= 11 is 5.75. The van der Waals surface area contributed by atoms with Crippen LogP contribution in [0, 0.1) is 0 Å². The SMILES string of the molecule is [N-]=[N+]=NCC(O)C(O)c1cnn2ccc(Cl)nc12. The number of hydrogen-bond acceptors (Lipinski definition) is 5. The molecular formula is C9H9ClN6O2. The first-order chi connectivity index (χ1) is 8.63. The summed E-state index contributed by atoms with van der Waals surface area (Å²) < 4.78 is 1.42. The number of aliphatic hydroxyl groups excluding tert-OH is 2. The molecule has 0 aliphatic rings. The lowest BCUT2D eigenvalue weighted by Crippen LogP contribution is -2.21. The van der Waals surface area contributed by atoms with Crippen molar-refractivity contribution in [2.75, 3.05) is 6.54 Å². The molecule has 0 saturated carbocycles. The monoisotopic (exact) mass is 268 g/mol. The maximum Gasteiger partial charge on any atom is 0.162 e. The molecule has 0 aromatic carbocycles. The molecule has 0 aliphatic carbocycles. The zero-order valence-electron chi connectivity index (χ0n) is 9.05. The summed E-state index contributed by atoms with van der Waals surface area (Å²) in [4.78, 5) is 6.52. The van der Waals surface area contributed by atoms with Crippen LogP contribution in [0.25, 0.3) is 16.1 Å². The van der Waals surface area contributed by atoms with Gasteiger partial charge in [0.2, 0.25) is 0 Å². The summed E-state index contributed by atoms with van der Waals surface area (Å²) in [5.74, 6) is 0. The third-order valence-electron chi connectivity index (χ3n) is 2.38. The molecule has 2 unspecified atom stereocenters. The number of aromatic nitrogens is 3. The minimum atomic E-state index is -1.25. The second-order valence-corrected chi connectivity index (χ2v) is 3.93. The van der Waals surface area contributed by atoms with E-state index in [1.165, 1.54) is 10.7 Å². The molecule has 0 aliphatic heterocycles. The first kappa shape index (κ1) is 12.6. The fourth-order valence-electron chi connectivity index (χ4n) is 1.50. The van der Waals surface area contributed by atoms with E-state index >= 15 is 0 Å². The highest BCUT2D eigenvalue weighted by Gasteiger charge is 2.22. The minimum Gasteiger partial charge on any atom is -0.390 e. The quantitative estimate of drug-likeness (QED) is 0.373. The van der Waals surface area contributed by atoms with E-state index in [-0.39, 0.29) is 11.7 Å². The highest BCUT2D eigenvalue weighted by atomic mass is 35.5. The van der Waals surface area contributed by atoms with E-state index in [9.17, 15) is 10.2 Å². The van der Waals surface area contributed by atoms with Crippen LogP contribution in [0.5, 0.6) is 0 Å². The molecule has 2 heterocycles. The summed E-state index contributed by atoms with van der Waals surface area (Å²) in [5, 5.41) is 27.0. The Hall–Kier alpha value is -1.86. The normalized spacial score (nSPS) is 14.2. The molecule has 2 N–H and O–H groups in total. The molecule has 2 aromatic rings. The molecule has 18 heavy (non-hydrogen) atoms. The molecule has 2 rings (SSSR count). The molecular weight excluding hydrogens is 260 g/mol. The Morgan fingerprint density at radius 1 is 1.56 bits per heavy atom. The van der Waals surface area contributed by atoms with Crippen molar-refractivity contribution in [1.29, 1.82) is 0 Å². The van der Waals surface area contributed by atoms with Crippen molar-refractivity contribution in [3.63, 3.8) is 0 Å². The summed E-state index contributed by atoms with van der Waals surface area (Å²) in [5.41, 5.74) is 8.82. The number of nitrogens with zero attached hydrogens (tertiary/aromatic N) is 6. The van der Waals surface area contributed by atoms with Gasteiger partial charge in [-0.15, -0.1) is 0 Å². The van der Waals surface area contributed by atoms with Gasteiger partial charge in [0.25, 0.3) is 0 Å². The summed E-state index contributed by atoms with van der Waals surface area (Å²) in [7, 11) is 0. The van der Waals surface area contributed by atoms with Gasteiger partial charge in [0, 0.05) is 16.7 Å². The van der Waals surface area contributed by atoms with Crippen LogP contribution in [-0.4, -0.2) is 37.5 Å². The molecule has 94 valence electrons. The van der Waals surface area contributed by atoms with Crippen LogP contribution >= 0.6 is 11.6 Å². The van der Waals surface area contributed by atoms with Crippen LogP contribution < -0.4 is 0 Å². The van der Waals surface area contributed by atoms with E-state index in [0.717, 1.165) is 0 Å². The van der Waals surface area contributed by atoms with E-state index in [0.29, 0.717) is 11.2 Å². The fraction of sp³-hybridized carbons (Fsp3) is 0.333. The Morgan fingerprint density at radius 2 is 2.33 bits per heavy atom. The third kappa shape index (κ3) is 2.36. The van der Waals surface area contributed by atoms with Crippen LogP contribution in [-0.2, 0) is 0 Å². The average molecular weight is 269 g/mol. The largest absolute Gasteiger partial charge is 0.390 e.